The van der Waals surface area contributed by atoms with Crippen LogP contribution in [0.3, 0.4) is 0 Å². The first-order chi connectivity index (χ1) is 10.7. The summed E-state index contributed by atoms with van der Waals surface area (Å²) in [6.07, 6.45) is 1.78. The largest absolute Gasteiger partial charge is 0.382 e. The molecule has 0 aliphatic heterocycles. The van der Waals surface area contributed by atoms with E-state index in [1.165, 1.54) is 5.56 Å². The Bertz CT molecular complexity index is 489. The number of nitrogens with two attached hydrogens (primary N) is 1. The van der Waals surface area contributed by atoms with E-state index in [9.17, 15) is 4.79 Å². The summed E-state index contributed by atoms with van der Waals surface area (Å²) in [5, 5.41) is 5.75. The second kappa shape index (κ2) is 10.6. The van der Waals surface area contributed by atoms with E-state index < -0.39 is 0 Å². The molecular weight excluding hydrogens is 280 g/mol. The number of ether oxygens (including phenoxy) is 1. The van der Waals surface area contributed by atoms with Crippen molar-refractivity contribution < 1.29 is 9.53 Å². The minimum atomic E-state index is -0.188. The third-order valence-electron chi connectivity index (χ3n) is 2.99. The quantitative estimate of drug-likeness (QED) is 0.366. The summed E-state index contributed by atoms with van der Waals surface area (Å²) >= 11 is 0. The van der Waals surface area contributed by atoms with Gasteiger partial charge < -0.3 is 21.1 Å². The first kappa shape index (κ1) is 18.0. The molecule has 0 heterocycles. The number of amides is 1. The smallest absolute Gasteiger partial charge is 0.246 e. The molecule has 0 aliphatic rings. The van der Waals surface area contributed by atoms with E-state index in [4.69, 9.17) is 10.5 Å². The molecule has 6 nitrogen and oxygen atoms in total. The topological polar surface area (TPSA) is 88.7 Å². The molecule has 0 spiro atoms. The average molecular weight is 306 g/mol. The second-order valence-corrected chi connectivity index (χ2v) is 4.78. The summed E-state index contributed by atoms with van der Waals surface area (Å²) in [5.41, 5.74) is 7.65. The van der Waals surface area contributed by atoms with Gasteiger partial charge in [0.2, 0.25) is 5.91 Å². The van der Waals surface area contributed by atoms with Crippen LogP contribution in [0.2, 0.25) is 0 Å². The Hall–Kier alpha value is -2.08. The summed E-state index contributed by atoms with van der Waals surface area (Å²) in [6, 6.07) is 7.76. The number of nitrogens with zero attached hydrogens (tertiary/aromatic N) is 1. The predicted octanol–water partition coefficient (Wildman–Crippen LogP) is 1.52. The molecule has 0 radical (unpaired) electrons. The van der Waals surface area contributed by atoms with Crippen LogP contribution in [-0.2, 0) is 16.0 Å². The SMILES string of the molecule is CCOCCCNC(N)=NCC(=O)Nc1cccc(CC)c1. The second-order valence-electron chi connectivity index (χ2n) is 4.78. The third kappa shape index (κ3) is 7.64. The molecule has 0 fully saturated rings. The standard InChI is InChI=1S/C16H26N4O2/c1-3-13-7-5-8-14(11-13)20-15(21)12-19-16(17)18-9-6-10-22-4-2/h5,7-8,11H,3-4,6,9-10,12H2,1-2H3,(H,20,21)(H3,17,18,19). The van der Waals surface area contributed by atoms with Crippen LogP contribution in [0, 0.1) is 0 Å². The molecule has 6 heteroatoms. The fraction of sp³-hybridized carbons (Fsp3) is 0.500. The zero-order valence-electron chi connectivity index (χ0n) is 13.4. The van der Waals surface area contributed by atoms with E-state index in [0.29, 0.717) is 19.8 Å². The monoisotopic (exact) mass is 306 g/mol. The molecule has 1 amide bonds. The number of hydrogen-bond acceptors (Lipinski definition) is 3. The Morgan fingerprint density at radius 3 is 2.91 bits per heavy atom. The van der Waals surface area contributed by atoms with Crippen molar-refractivity contribution in [3.63, 3.8) is 0 Å². The minimum Gasteiger partial charge on any atom is -0.382 e. The summed E-state index contributed by atoms with van der Waals surface area (Å²) in [4.78, 5) is 15.8. The lowest BCUT2D eigenvalue weighted by atomic mass is 10.1. The van der Waals surface area contributed by atoms with Crippen molar-refractivity contribution in [2.75, 3.05) is 31.6 Å². The lowest BCUT2D eigenvalue weighted by molar-refractivity contribution is -0.114. The maximum Gasteiger partial charge on any atom is 0.246 e. The highest BCUT2D eigenvalue weighted by Gasteiger charge is 2.02. The normalized spacial score (nSPS) is 11.3. The number of nitrogens with one attached hydrogen (secondary N) is 2. The van der Waals surface area contributed by atoms with Gasteiger partial charge in [0, 0.05) is 25.4 Å². The molecule has 0 unspecified atom stereocenters. The third-order valence-corrected chi connectivity index (χ3v) is 2.99. The number of rotatable bonds is 9. The molecule has 0 saturated heterocycles. The van der Waals surface area contributed by atoms with E-state index in [2.05, 4.69) is 22.5 Å². The number of aliphatic imine (C=N–C) groups is 1. The molecule has 1 aromatic rings. The van der Waals surface area contributed by atoms with Crippen molar-refractivity contribution in [1.82, 2.24) is 5.32 Å². The van der Waals surface area contributed by atoms with E-state index in [1.807, 2.05) is 31.2 Å². The first-order valence-electron chi connectivity index (χ1n) is 7.66. The molecule has 0 saturated carbocycles. The van der Waals surface area contributed by atoms with Gasteiger partial charge in [0.25, 0.3) is 0 Å². The van der Waals surface area contributed by atoms with Crippen LogP contribution in [-0.4, -0.2) is 38.2 Å². The molecule has 0 bridgehead atoms. The number of carbonyl (C=O) groups excluding carboxylic acids is 1. The van der Waals surface area contributed by atoms with Gasteiger partial charge in [-0.3, -0.25) is 4.79 Å². The lowest BCUT2D eigenvalue weighted by Crippen LogP contribution is -2.34. The maximum absolute atomic E-state index is 11.8. The van der Waals surface area contributed by atoms with Gasteiger partial charge in [-0.05, 0) is 37.5 Å². The Morgan fingerprint density at radius 2 is 2.18 bits per heavy atom. The van der Waals surface area contributed by atoms with Gasteiger partial charge >= 0.3 is 0 Å². The van der Waals surface area contributed by atoms with Crippen molar-refractivity contribution in [1.29, 1.82) is 0 Å². The van der Waals surface area contributed by atoms with Gasteiger partial charge in [-0.1, -0.05) is 19.1 Å². The van der Waals surface area contributed by atoms with E-state index >= 15 is 0 Å². The van der Waals surface area contributed by atoms with E-state index in [-0.39, 0.29) is 18.4 Å². The zero-order chi connectivity index (χ0) is 16.2. The van der Waals surface area contributed by atoms with Crippen LogP contribution in [0.15, 0.2) is 29.3 Å². The van der Waals surface area contributed by atoms with Crippen LogP contribution < -0.4 is 16.4 Å². The van der Waals surface area contributed by atoms with Crippen LogP contribution in [0.4, 0.5) is 5.69 Å². The number of anilines is 1. The van der Waals surface area contributed by atoms with Crippen molar-refractivity contribution in [3.05, 3.63) is 29.8 Å². The first-order valence-corrected chi connectivity index (χ1v) is 7.66. The molecular formula is C16H26N4O2. The number of guanidine groups is 1. The minimum absolute atomic E-state index is 0.000641. The highest BCUT2D eigenvalue weighted by molar-refractivity contribution is 5.93. The van der Waals surface area contributed by atoms with Crippen LogP contribution >= 0.6 is 0 Å². The number of benzene rings is 1. The molecule has 122 valence electrons. The average Bonchev–Trinajstić information content (AvgIpc) is 2.53. The van der Waals surface area contributed by atoms with Gasteiger partial charge in [0.15, 0.2) is 5.96 Å². The maximum atomic E-state index is 11.8. The molecule has 22 heavy (non-hydrogen) atoms. The van der Waals surface area contributed by atoms with Gasteiger partial charge in [0.05, 0.1) is 0 Å². The fourth-order valence-corrected chi connectivity index (χ4v) is 1.82. The van der Waals surface area contributed by atoms with Crippen LogP contribution in [0.25, 0.3) is 0 Å². The Labute approximate surface area is 132 Å². The van der Waals surface area contributed by atoms with Crippen LogP contribution in [0.5, 0.6) is 0 Å². The Morgan fingerprint density at radius 1 is 1.36 bits per heavy atom. The zero-order valence-corrected chi connectivity index (χ0v) is 13.4. The summed E-state index contributed by atoms with van der Waals surface area (Å²) in [7, 11) is 0. The molecule has 1 aromatic carbocycles. The summed E-state index contributed by atoms with van der Waals surface area (Å²) in [5.74, 6) is 0.0845. The summed E-state index contributed by atoms with van der Waals surface area (Å²) < 4.78 is 5.21. The van der Waals surface area contributed by atoms with Gasteiger partial charge in [0.1, 0.15) is 6.54 Å². The lowest BCUT2D eigenvalue weighted by Gasteiger charge is -2.07. The van der Waals surface area contributed by atoms with Gasteiger partial charge in [-0.25, -0.2) is 4.99 Å². The van der Waals surface area contributed by atoms with Gasteiger partial charge in [-0.2, -0.15) is 0 Å². The molecule has 0 aliphatic carbocycles. The van der Waals surface area contributed by atoms with Gasteiger partial charge in [-0.15, -0.1) is 0 Å². The van der Waals surface area contributed by atoms with Crippen molar-refractivity contribution in [2.45, 2.75) is 26.7 Å². The van der Waals surface area contributed by atoms with Crippen molar-refractivity contribution in [2.24, 2.45) is 10.7 Å². The van der Waals surface area contributed by atoms with Crippen LogP contribution in [0.1, 0.15) is 25.8 Å². The molecule has 0 aromatic heterocycles. The van der Waals surface area contributed by atoms with E-state index in [1.54, 1.807) is 0 Å². The van der Waals surface area contributed by atoms with Crippen molar-refractivity contribution in [3.8, 4) is 0 Å². The van der Waals surface area contributed by atoms with E-state index in [0.717, 1.165) is 18.5 Å². The predicted molar refractivity (Wildman–Crippen MR) is 90.1 cm³/mol. The Balaban J connectivity index is 2.30. The highest BCUT2D eigenvalue weighted by Crippen LogP contribution is 2.10. The highest BCUT2D eigenvalue weighted by atomic mass is 16.5. The summed E-state index contributed by atoms with van der Waals surface area (Å²) in [6.45, 7) is 6.10. The Kier molecular flexibility index (Phi) is 8.67. The molecule has 4 N–H and O–H groups in total. The fourth-order valence-electron chi connectivity index (χ4n) is 1.82. The number of carbonyl (C=O) groups is 1. The van der Waals surface area contributed by atoms with Crippen molar-refractivity contribution >= 4 is 17.6 Å². The number of hydrogen-bond donors (Lipinski definition) is 3. The molecule has 0 atom stereocenters. The number of aryl methyl sites for hydroxylation is 1. The molecule has 1 rings (SSSR count).